The van der Waals surface area contributed by atoms with Crippen LogP contribution in [0.4, 0.5) is 0 Å². The van der Waals surface area contributed by atoms with Gasteiger partial charge in [0.1, 0.15) is 23.1 Å². The zero-order valence-corrected chi connectivity index (χ0v) is 19.1. The summed E-state index contributed by atoms with van der Waals surface area (Å²) in [5, 5.41) is 12.0. The van der Waals surface area contributed by atoms with Gasteiger partial charge in [0, 0.05) is 6.54 Å². The van der Waals surface area contributed by atoms with E-state index >= 15 is 0 Å². The number of nitrogens with one attached hydrogen (secondary N) is 1. The number of nitrogens with zero attached hydrogens (tertiary/aromatic N) is 1. The number of nitriles is 1. The third kappa shape index (κ3) is 7.92. The van der Waals surface area contributed by atoms with E-state index in [1.54, 1.807) is 24.3 Å². The maximum absolute atomic E-state index is 12.1. The van der Waals surface area contributed by atoms with Gasteiger partial charge in [0.15, 0.2) is 6.61 Å². The van der Waals surface area contributed by atoms with E-state index in [1.165, 1.54) is 11.6 Å². The Morgan fingerprint density at radius 1 is 1.03 bits per heavy atom. The number of esters is 1. The van der Waals surface area contributed by atoms with Crippen molar-refractivity contribution in [2.24, 2.45) is 0 Å². The van der Waals surface area contributed by atoms with Gasteiger partial charge in [-0.05, 0) is 53.3 Å². The van der Waals surface area contributed by atoms with E-state index in [1.807, 2.05) is 37.3 Å². The van der Waals surface area contributed by atoms with E-state index in [2.05, 4.69) is 26.1 Å². The lowest BCUT2D eigenvalue weighted by Gasteiger charge is -2.19. The molecule has 0 aliphatic carbocycles. The number of rotatable bonds is 9. The Bertz CT molecular complexity index is 978. The Labute approximate surface area is 189 Å². The summed E-state index contributed by atoms with van der Waals surface area (Å²) in [4.78, 5) is 24.1. The topological polar surface area (TPSA) is 88.4 Å². The van der Waals surface area contributed by atoms with E-state index in [-0.39, 0.29) is 17.6 Å². The first-order valence-corrected chi connectivity index (χ1v) is 10.7. The van der Waals surface area contributed by atoms with Crippen LogP contribution in [-0.2, 0) is 15.0 Å². The Morgan fingerprint density at radius 3 is 2.22 bits per heavy atom. The van der Waals surface area contributed by atoms with Gasteiger partial charge in [0.05, 0.1) is 0 Å². The molecule has 6 nitrogen and oxygen atoms in total. The lowest BCUT2D eigenvalue weighted by Crippen LogP contribution is -2.25. The molecule has 0 spiro atoms. The van der Waals surface area contributed by atoms with Crippen LogP contribution in [0.3, 0.4) is 0 Å². The highest BCUT2D eigenvalue weighted by Crippen LogP contribution is 2.24. The minimum Gasteiger partial charge on any atom is -0.482 e. The lowest BCUT2D eigenvalue weighted by atomic mass is 9.87. The SMILES string of the molecule is CCCCNC(=O)/C(C#N)=C/c1ccc(OC(=O)COc2ccc(C(C)(C)C)cc2)cc1. The minimum absolute atomic E-state index is 0.0247. The van der Waals surface area contributed by atoms with Crippen LogP contribution in [-0.4, -0.2) is 25.0 Å². The van der Waals surface area contributed by atoms with Crippen LogP contribution in [0.5, 0.6) is 11.5 Å². The number of amides is 1. The fraction of sp³-hybridized carbons (Fsp3) is 0.346. The average Bonchev–Trinajstić information content (AvgIpc) is 2.77. The van der Waals surface area contributed by atoms with Crippen LogP contribution in [0.25, 0.3) is 6.08 Å². The van der Waals surface area contributed by atoms with Crippen LogP contribution in [0.1, 0.15) is 51.7 Å². The zero-order chi connectivity index (χ0) is 23.6. The van der Waals surface area contributed by atoms with Gasteiger partial charge >= 0.3 is 5.97 Å². The molecule has 0 fully saturated rings. The van der Waals surface area contributed by atoms with Gasteiger partial charge in [-0.1, -0.05) is 58.4 Å². The molecule has 2 aromatic rings. The molecule has 168 valence electrons. The summed E-state index contributed by atoms with van der Waals surface area (Å²) in [6, 6.07) is 16.1. The van der Waals surface area contributed by atoms with Gasteiger partial charge in [0.25, 0.3) is 5.91 Å². The maximum atomic E-state index is 12.1. The predicted octanol–water partition coefficient (Wildman–Crippen LogP) is 4.79. The lowest BCUT2D eigenvalue weighted by molar-refractivity contribution is -0.136. The quantitative estimate of drug-likeness (QED) is 0.201. The zero-order valence-electron chi connectivity index (χ0n) is 19.1. The summed E-state index contributed by atoms with van der Waals surface area (Å²) in [5.41, 5.74) is 1.91. The molecule has 1 amide bonds. The first kappa shape index (κ1) is 24.7. The molecule has 0 aliphatic heterocycles. The Morgan fingerprint density at radius 2 is 1.66 bits per heavy atom. The molecule has 0 radical (unpaired) electrons. The largest absolute Gasteiger partial charge is 0.482 e. The second-order valence-electron chi connectivity index (χ2n) is 8.39. The van der Waals surface area contributed by atoms with Crippen molar-refractivity contribution in [1.82, 2.24) is 5.32 Å². The molecular weight excluding hydrogens is 404 g/mol. The third-order valence-electron chi connectivity index (χ3n) is 4.68. The highest BCUT2D eigenvalue weighted by Gasteiger charge is 2.13. The minimum atomic E-state index is -0.527. The molecule has 0 heterocycles. The molecule has 2 aromatic carbocycles. The maximum Gasteiger partial charge on any atom is 0.349 e. The second kappa shape index (κ2) is 11.7. The van der Waals surface area contributed by atoms with Crippen molar-refractivity contribution in [2.45, 2.75) is 46.0 Å². The number of hydrogen-bond acceptors (Lipinski definition) is 5. The Kier molecular flexibility index (Phi) is 9.03. The van der Waals surface area contributed by atoms with Gasteiger partial charge < -0.3 is 14.8 Å². The van der Waals surface area contributed by atoms with Crippen molar-refractivity contribution < 1.29 is 19.1 Å². The van der Waals surface area contributed by atoms with Crippen molar-refractivity contribution >= 4 is 18.0 Å². The fourth-order valence-electron chi connectivity index (χ4n) is 2.78. The molecule has 2 rings (SSSR count). The van der Waals surface area contributed by atoms with Crippen LogP contribution in [0.2, 0.25) is 0 Å². The predicted molar refractivity (Wildman–Crippen MR) is 124 cm³/mol. The van der Waals surface area contributed by atoms with Crippen molar-refractivity contribution in [2.75, 3.05) is 13.2 Å². The molecule has 0 aliphatic rings. The molecule has 0 bridgehead atoms. The first-order chi connectivity index (χ1) is 15.2. The van der Waals surface area contributed by atoms with Gasteiger partial charge in [-0.15, -0.1) is 0 Å². The number of unbranched alkanes of at least 4 members (excludes halogenated alkanes) is 1. The monoisotopic (exact) mass is 434 g/mol. The number of ether oxygens (including phenoxy) is 2. The second-order valence-corrected chi connectivity index (χ2v) is 8.39. The molecule has 0 unspecified atom stereocenters. The molecule has 1 N–H and O–H groups in total. The molecule has 32 heavy (non-hydrogen) atoms. The number of carbonyl (C=O) groups is 2. The van der Waals surface area contributed by atoms with Crippen molar-refractivity contribution in [3.05, 3.63) is 65.2 Å². The van der Waals surface area contributed by atoms with Gasteiger partial charge in [0.2, 0.25) is 0 Å². The fourth-order valence-corrected chi connectivity index (χ4v) is 2.78. The van der Waals surface area contributed by atoms with Crippen molar-refractivity contribution in [3.8, 4) is 17.6 Å². The molecule has 0 aromatic heterocycles. The molecule has 6 heteroatoms. The number of hydrogen-bond donors (Lipinski definition) is 1. The highest BCUT2D eigenvalue weighted by molar-refractivity contribution is 6.01. The van der Waals surface area contributed by atoms with Crippen LogP contribution in [0, 0.1) is 11.3 Å². The highest BCUT2D eigenvalue weighted by atomic mass is 16.6. The van der Waals surface area contributed by atoms with E-state index < -0.39 is 11.9 Å². The van der Waals surface area contributed by atoms with Crippen LogP contribution >= 0.6 is 0 Å². The van der Waals surface area contributed by atoms with Crippen molar-refractivity contribution in [1.29, 1.82) is 5.26 Å². The smallest absolute Gasteiger partial charge is 0.349 e. The standard InChI is InChI=1S/C26H30N2O4/c1-5-6-15-28-25(30)20(17-27)16-19-7-11-23(12-8-19)32-24(29)18-31-22-13-9-21(10-14-22)26(2,3)4/h7-14,16H,5-6,15,18H2,1-4H3,(H,28,30)/b20-16+. The van der Waals surface area contributed by atoms with E-state index in [9.17, 15) is 14.9 Å². The van der Waals surface area contributed by atoms with Crippen LogP contribution in [0.15, 0.2) is 54.1 Å². The van der Waals surface area contributed by atoms with Gasteiger partial charge in [-0.25, -0.2) is 4.79 Å². The van der Waals surface area contributed by atoms with E-state index in [0.717, 1.165) is 12.8 Å². The van der Waals surface area contributed by atoms with E-state index in [0.29, 0.717) is 23.6 Å². The molecule has 0 saturated carbocycles. The summed E-state index contributed by atoms with van der Waals surface area (Å²) in [6.45, 7) is 8.73. The van der Waals surface area contributed by atoms with Crippen molar-refractivity contribution in [3.63, 3.8) is 0 Å². The summed E-state index contributed by atoms with van der Waals surface area (Å²) in [7, 11) is 0. The molecule has 0 saturated heterocycles. The normalized spacial score (nSPS) is 11.4. The number of benzene rings is 2. The summed E-state index contributed by atoms with van der Waals surface area (Å²) < 4.78 is 10.8. The summed E-state index contributed by atoms with van der Waals surface area (Å²) in [5.74, 6) is 0.0201. The van der Waals surface area contributed by atoms with Gasteiger partial charge in [-0.2, -0.15) is 5.26 Å². The Hall–Kier alpha value is -3.59. The summed E-state index contributed by atoms with van der Waals surface area (Å²) in [6.07, 6.45) is 3.31. The third-order valence-corrected chi connectivity index (χ3v) is 4.68. The Balaban J connectivity index is 1.89. The number of carbonyl (C=O) groups excluding carboxylic acids is 2. The molecular formula is C26H30N2O4. The average molecular weight is 435 g/mol. The van der Waals surface area contributed by atoms with Crippen LogP contribution < -0.4 is 14.8 Å². The van der Waals surface area contributed by atoms with Gasteiger partial charge in [-0.3, -0.25) is 4.79 Å². The molecule has 0 atom stereocenters. The summed E-state index contributed by atoms with van der Waals surface area (Å²) >= 11 is 0. The van der Waals surface area contributed by atoms with E-state index in [4.69, 9.17) is 9.47 Å². The first-order valence-electron chi connectivity index (χ1n) is 10.7.